The maximum absolute atomic E-state index is 13.4. The third kappa shape index (κ3) is 4.09. The molecule has 0 spiro atoms. The summed E-state index contributed by atoms with van der Waals surface area (Å²) in [5.74, 6) is -0.407. The first kappa shape index (κ1) is 18.5. The molecule has 0 saturated heterocycles. The van der Waals surface area contributed by atoms with Crippen LogP contribution in [-0.2, 0) is 6.18 Å². The number of anilines is 1. The van der Waals surface area contributed by atoms with E-state index >= 15 is 0 Å². The van der Waals surface area contributed by atoms with Gasteiger partial charge in [0.05, 0.1) is 5.56 Å². The number of nitrogens with two attached hydrogens (primary N) is 1. The maximum atomic E-state index is 13.4. The van der Waals surface area contributed by atoms with Crippen LogP contribution in [0.1, 0.15) is 38.2 Å². The lowest BCUT2D eigenvalue weighted by Crippen LogP contribution is -2.34. The van der Waals surface area contributed by atoms with E-state index in [0.717, 1.165) is 31.7 Å². The van der Waals surface area contributed by atoms with Gasteiger partial charge in [-0.3, -0.25) is 0 Å². The van der Waals surface area contributed by atoms with E-state index < -0.39 is 17.5 Å². The van der Waals surface area contributed by atoms with E-state index in [-0.39, 0.29) is 23.7 Å². The van der Waals surface area contributed by atoms with Crippen molar-refractivity contribution in [2.45, 2.75) is 50.9 Å². The fourth-order valence-electron chi connectivity index (χ4n) is 3.41. The number of aromatic amines is 1. The Morgan fingerprint density at radius 1 is 1.31 bits per heavy atom. The van der Waals surface area contributed by atoms with E-state index in [2.05, 4.69) is 15.5 Å². The molecule has 0 bridgehead atoms. The van der Waals surface area contributed by atoms with Crippen LogP contribution in [-0.4, -0.2) is 22.3 Å². The van der Waals surface area contributed by atoms with E-state index in [1.54, 1.807) is 0 Å². The van der Waals surface area contributed by atoms with Gasteiger partial charge in [0.2, 0.25) is 5.89 Å². The van der Waals surface area contributed by atoms with Gasteiger partial charge in [0.15, 0.2) is 0 Å². The van der Waals surface area contributed by atoms with Crippen LogP contribution in [0.5, 0.6) is 0 Å². The molecular weight excluding hydrogens is 349 g/mol. The Bertz CT molecular complexity index is 805. The lowest BCUT2D eigenvalue weighted by Gasteiger charge is -2.32. The van der Waals surface area contributed by atoms with Gasteiger partial charge in [0.1, 0.15) is 0 Å². The Hall–Kier alpha value is -2.29. The number of halogens is 3. The van der Waals surface area contributed by atoms with Gasteiger partial charge >= 0.3 is 11.9 Å². The zero-order valence-electron chi connectivity index (χ0n) is 14.3. The number of H-pyrrole nitrogens is 1. The normalized spacial score (nSPS) is 22.2. The van der Waals surface area contributed by atoms with Crippen molar-refractivity contribution in [1.82, 2.24) is 10.2 Å². The average Bonchev–Trinajstić information content (AvgIpc) is 3.01. The summed E-state index contributed by atoms with van der Waals surface area (Å²) in [6.45, 7) is 1.96. The van der Waals surface area contributed by atoms with Crippen LogP contribution in [0.4, 0.5) is 18.9 Å². The van der Waals surface area contributed by atoms with Gasteiger partial charge in [-0.05, 0) is 56.7 Å². The van der Waals surface area contributed by atoms with Crippen LogP contribution in [0, 0.1) is 5.92 Å². The highest BCUT2D eigenvalue weighted by atomic mass is 19.4. The molecular formula is C17H21F3N4O2. The molecule has 26 heavy (non-hydrogen) atoms. The second-order valence-electron chi connectivity index (χ2n) is 6.79. The van der Waals surface area contributed by atoms with Crippen LogP contribution in [0.2, 0.25) is 0 Å². The predicted molar refractivity (Wildman–Crippen MR) is 90.6 cm³/mol. The van der Waals surface area contributed by atoms with Gasteiger partial charge in [-0.25, -0.2) is 9.89 Å². The second-order valence-corrected chi connectivity index (χ2v) is 6.79. The van der Waals surface area contributed by atoms with E-state index in [4.69, 9.17) is 10.2 Å². The third-order valence-electron chi connectivity index (χ3n) is 4.89. The van der Waals surface area contributed by atoms with Crippen molar-refractivity contribution in [3.8, 4) is 11.5 Å². The van der Waals surface area contributed by atoms with Gasteiger partial charge in [0, 0.05) is 23.3 Å². The van der Waals surface area contributed by atoms with E-state index in [0.29, 0.717) is 11.5 Å². The number of rotatable bonds is 4. The molecule has 2 aromatic rings. The predicted octanol–water partition coefficient (Wildman–Crippen LogP) is 3.37. The molecule has 0 amide bonds. The van der Waals surface area contributed by atoms with Crippen LogP contribution in [0.3, 0.4) is 0 Å². The molecule has 6 nitrogen and oxygen atoms in total. The summed E-state index contributed by atoms with van der Waals surface area (Å²) in [5, 5.41) is 8.78. The summed E-state index contributed by atoms with van der Waals surface area (Å²) in [6, 6.07) is 3.56. The van der Waals surface area contributed by atoms with Crippen molar-refractivity contribution in [2.75, 3.05) is 5.32 Å². The molecule has 0 unspecified atom stereocenters. The number of benzene rings is 1. The summed E-state index contributed by atoms with van der Waals surface area (Å²) < 4.78 is 44.9. The first-order valence-electron chi connectivity index (χ1n) is 8.53. The first-order chi connectivity index (χ1) is 12.2. The van der Waals surface area contributed by atoms with Gasteiger partial charge in [-0.2, -0.15) is 13.2 Å². The Morgan fingerprint density at radius 2 is 2.00 bits per heavy atom. The van der Waals surface area contributed by atoms with Gasteiger partial charge in [0.25, 0.3) is 0 Å². The Labute approximate surface area is 148 Å². The number of nitrogens with one attached hydrogen (secondary N) is 2. The smallest absolute Gasteiger partial charge is 0.388 e. The first-order valence-corrected chi connectivity index (χ1v) is 8.53. The van der Waals surface area contributed by atoms with Crippen molar-refractivity contribution in [1.29, 1.82) is 0 Å². The van der Waals surface area contributed by atoms with Crippen molar-refractivity contribution < 1.29 is 17.6 Å². The molecule has 4 N–H and O–H groups in total. The second kappa shape index (κ2) is 7.14. The minimum absolute atomic E-state index is 0.0371. The molecule has 9 heteroatoms. The summed E-state index contributed by atoms with van der Waals surface area (Å²) >= 11 is 0. The molecule has 1 aromatic carbocycles. The Kier molecular flexibility index (Phi) is 5.08. The molecule has 142 valence electrons. The molecule has 3 rings (SSSR count). The van der Waals surface area contributed by atoms with E-state index in [1.807, 2.05) is 6.92 Å². The molecule has 0 radical (unpaired) electrons. The van der Waals surface area contributed by atoms with Crippen molar-refractivity contribution in [3.63, 3.8) is 0 Å². The standard InChI is InChI=1S/C17H21F3N4O2/c1-9(21)10-2-5-12(6-3-10)22-14-8-11(15-23-24-16(25)26-15)4-7-13(14)17(18,19)20/h4,7-10,12,22H,2-3,5-6,21H2,1H3,(H,24,25)/t9-,10?,12?/m1/s1. The minimum Gasteiger partial charge on any atom is -0.388 e. The quantitative estimate of drug-likeness (QED) is 0.767. The molecule has 1 aliphatic rings. The number of aromatic nitrogens is 2. The lowest BCUT2D eigenvalue weighted by atomic mass is 9.82. The highest BCUT2D eigenvalue weighted by Crippen LogP contribution is 2.38. The number of nitrogens with zero attached hydrogens (tertiary/aromatic N) is 1. The average molecular weight is 370 g/mol. The molecule has 0 aliphatic heterocycles. The SMILES string of the molecule is C[C@@H](N)C1CCC(Nc2cc(-c3n[nH]c(=O)o3)ccc2C(F)(F)F)CC1. The number of hydrogen-bond acceptors (Lipinski definition) is 5. The van der Waals surface area contributed by atoms with E-state index in [1.165, 1.54) is 12.1 Å². The third-order valence-corrected chi connectivity index (χ3v) is 4.89. The Balaban J connectivity index is 1.85. The molecule has 1 atom stereocenters. The fraction of sp³-hybridized carbons (Fsp3) is 0.529. The lowest BCUT2D eigenvalue weighted by molar-refractivity contribution is -0.137. The zero-order chi connectivity index (χ0) is 18.9. The van der Waals surface area contributed by atoms with Gasteiger partial charge in [-0.1, -0.05) is 0 Å². The molecule has 1 saturated carbocycles. The van der Waals surface area contributed by atoms with Gasteiger partial charge < -0.3 is 15.5 Å². The van der Waals surface area contributed by atoms with Crippen LogP contribution < -0.4 is 16.8 Å². The summed E-state index contributed by atoms with van der Waals surface area (Å²) in [4.78, 5) is 11.1. The highest BCUT2D eigenvalue weighted by molar-refractivity contribution is 5.65. The molecule has 1 heterocycles. The summed E-state index contributed by atoms with van der Waals surface area (Å²) in [5.41, 5.74) is 5.42. The fourth-order valence-corrected chi connectivity index (χ4v) is 3.41. The zero-order valence-corrected chi connectivity index (χ0v) is 14.3. The Morgan fingerprint density at radius 3 is 2.54 bits per heavy atom. The van der Waals surface area contributed by atoms with Crippen molar-refractivity contribution in [2.24, 2.45) is 11.7 Å². The van der Waals surface area contributed by atoms with Gasteiger partial charge in [-0.15, -0.1) is 5.10 Å². The van der Waals surface area contributed by atoms with E-state index in [9.17, 15) is 18.0 Å². The van der Waals surface area contributed by atoms with Crippen LogP contribution >= 0.6 is 0 Å². The maximum Gasteiger partial charge on any atom is 0.434 e. The molecule has 1 aromatic heterocycles. The van der Waals surface area contributed by atoms with Crippen LogP contribution in [0.15, 0.2) is 27.4 Å². The summed E-state index contributed by atoms with van der Waals surface area (Å²) in [7, 11) is 0. The highest BCUT2D eigenvalue weighted by Gasteiger charge is 2.35. The monoisotopic (exact) mass is 370 g/mol. The topological polar surface area (TPSA) is 96.9 Å². The minimum atomic E-state index is -4.49. The molecule has 1 aliphatic carbocycles. The van der Waals surface area contributed by atoms with Crippen molar-refractivity contribution >= 4 is 5.69 Å². The largest absolute Gasteiger partial charge is 0.434 e. The van der Waals surface area contributed by atoms with Crippen molar-refractivity contribution in [3.05, 3.63) is 34.3 Å². The van der Waals surface area contributed by atoms with Crippen LogP contribution in [0.25, 0.3) is 11.5 Å². The summed E-state index contributed by atoms with van der Waals surface area (Å²) in [6.07, 6.45) is -1.22. The molecule has 1 fully saturated rings. The number of alkyl halides is 3. The number of hydrogen-bond donors (Lipinski definition) is 3.